The van der Waals surface area contributed by atoms with E-state index in [4.69, 9.17) is 4.74 Å². The molecule has 5 heteroatoms. The van der Waals surface area contributed by atoms with Gasteiger partial charge in [0.1, 0.15) is 5.70 Å². The number of ether oxygens (including phenoxy) is 1. The van der Waals surface area contributed by atoms with Gasteiger partial charge < -0.3 is 9.82 Å². The van der Waals surface area contributed by atoms with Gasteiger partial charge in [0.2, 0.25) is 7.29 Å². The van der Waals surface area contributed by atoms with Crippen molar-refractivity contribution < 1.29 is 14.1 Å². The number of esters is 1. The summed E-state index contributed by atoms with van der Waals surface area (Å²) in [6.07, 6.45) is 3.34. The summed E-state index contributed by atoms with van der Waals surface area (Å²) < 4.78 is 19.1. The summed E-state index contributed by atoms with van der Waals surface area (Å²) in [4.78, 5) is 12.3. The largest absolute Gasteiger partial charge is 0.461 e. The van der Waals surface area contributed by atoms with Crippen molar-refractivity contribution in [1.29, 1.82) is 0 Å². The van der Waals surface area contributed by atoms with Crippen LogP contribution in [0.15, 0.2) is 72.4 Å². The van der Waals surface area contributed by atoms with Crippen molar-refractivity contribution in [2.45, 2.75) is 26.7 Å². The highest BCUT2D eigenvalue weighted by Gasteiger charge is 2.30. The molecule has 2 rings (SSSR count). The molecule has 0 aromatic heterocycles. The minimum Gasteiger partial charge on any atom is -0.461 e. The van der Waals surface area contributed by atoms with E-state index >= 15 is 0 Å². The molecule has 0 aliphatic carbocycles. The lowest BCUT2D eigenvalue weighted by Crippen LogP contribution is -2.30. The zero-order valence-electron chi connectivity index (χ0n) is 14.6. The molecular weight excluding hydrogens is 333 g/mol. The van der Waals surface area contributed by atoms with Gasteiger partial charge in [0, 0.05) is 10.6 Å². The molecule has 0 aliphatic rings. The van der Waals surface area contributed by atoms with Gasteiger partial charge in [-0.1, -0.05) is 55.8 Å². The third kappa shape index (κ3) is 4.83. The molecule has 0 radical (unpaired) electrons. The maximum atomic E-state index is 13.9. The minimum atomic E-state index is -3.22. The Bertz CT molecular complexity index is 714. The zero-order chi connectivity index (χ0) is 18.1. The standard InChI is InChI=1S/C20H24NO3P/c1-3-5-16-19(20(22)24-4-2)21-25(23,17-12-8-6-9-13-17)18-14-10-7-11-15-18/h6-16H,3-5H2,1-2H3,(H,21,23)/b19-16+. The predicted octanol–water partition coefficient (Wildman–Crippen LogP) is 3.75. The molecule has 0 bridgehead atoms. The Morgan fingerprint density at radius 1 is 1.00 bits per heavy atom. The first-order valence-electron chi connectivity index (χ1n) is 8.48. The van der Waals surface area contributed by atoms with E-state index in [1.165, 1.54) is 0 Å². The maximum Gasteiger partial charge on any atom is 0.354 e. The van der Waals surface area contributed by atoms with Gasteiger partial charge >= 0.3 is 5.97 Å². The molecule has 0 spiro atoms. The Kier molecular flexibility index (Phi) is 7.03. The van der Waals surface area contributed by atoms with E-state index in [9.17, 15) is 9.36 Å². The van der Waals surface area contributed by atoms with Crippen LogP contribution in [0.1, 0.15) is 26.7 Å². The smallest absolute Gasteiger partial charge is 0.354 e. The van der Waals surface area contributed by atoms with Crippen molar-refractivity contribution >= 4 is 23.9 Å². The number of hydrogen-bond acceptors (Lipinski definition) is 3. The molecule has 0 unspecified atom stereocenters. The van der Waals surface area contributed by atoms with E-state index in [-0.39, 0.29) is 12.3 Å². The molecule has 0 atom stereocenters. The second kappa shape index (κ2) is 9.24. The van der Waals surface area contributed by atoms with Gasteiger partial charge in [0.05, 0.1) is 6.61 Å². The highest BCUT2D eigenvalue weighted by Crippen LogP contribution is 2.40. The van der Waals surface area contributed by atoms with Gasteiger partial charge in [0.15, 0.2) is 0 Å². The Hall–Kier alpha value is -2.32. The van der Waals surface area contributed by atoms with Crippen molar-refractivity contribution in [3.8, 4) is 0 Å². The number of rotatable bonds is 8. The zero-order valence-corrected chi connectivity index (χ0v) is 15.5. The van der Waals surface area contributed by atoms with Crippen LogP contribution in [0.2, 0.25) is 0 Å². The van der Waals surface area contributed by atoms with E-state index in [2.05, 4.69) is 5.09 Å². The number of carbonyl (C=O) groups is 1. The van der Waals surface area contributed by atoms with Gasteiger partial charge in [-0.3, -0.25) is 4.57 Å². The number of carbonyl (C=O) groups excluding carboxylic acids is 1. The lowest BCUT2D eigenvalue weighted by atomic mass is 10.3. The van der Waals surface area contributed by atoms with Crippen molar-refractivity contribution in [2.75, 3.05) is 6.61 Å². The average Bonchev–Trinajstić information content (AvgIpc) is 2.66. The summed E-state index contributed by atoms with van der Waals surface area (Å²) >= 11 is 0. The third-order valence-electron chi connectivity index (χ3n) is 3.65. The minimum absolute atomic E-state index is 0.250. The first kappa shape index (κ1) is 19.0. The molecule has 0 aliphatic heterocycles. The highest BCUT2D eigenvalue weighted by molar-refractivity contribution is 7.77. The highest BCUT2D eigenvalue weighted by atomic mass is 31.2. The van der Waals surface area contributed by atoms with E-state index < -0.39 is 13.3 Å². The van der Waals surface area contributed by atoms with E-state index in [1.54, 1.807) is 13.0 Å². The van der Waals surface area contributed by atoms with E-state index in [1.807, 2.05) is 67.6 Å². The van der Waals surface area contributed by atoms with Crippen LogP contribution in [0.3, 0.4) is 0 Å². The van der Waals surface area contributed by atoms with Crippen LogP contribution >= 0.6 is 7.29 Å². The van der Waals surface area contributed by atoms with Crippen LogP contribution < -0.4 is 15.7 Å². The number of hydrogen-bond donors (Lipinski definition) is 1. The summed E-state index contributed by atoms with van der Waals surface area (Å²) in [5.41, 5.74) is 0.250. The van der Waals surface area contributed by atoms with Crippen LogP contribution in [0.25, 0.3) is 0 Å². The van der Waals surface area contributed by atoms with Gasteiger partial charge in [0.25, 0.3) is 0 Å². The second-order valence-corrected chi connectivity index (χ2v) is 7.99. The van der Waals surface area contributed by atoms with Crippen molar-refractivity contribution in [2.24, 2.45) is 0 Å². The molecule has 0 amide bonds. The first-order valence-corrected chi connectivity index (χ1v) is 10.2. The van der Waals surface area contributed by atoms with Crippen LogP contribution in [-0.2, 0) is 14.1 Å². The predicted molar refractivity (Wildman–Crippen MR) is 103 cm³/mol. The first-order chi connectivity index (χ1) is 12.1. The normalized spacial score (nSPS) is 11.8. The number of benzene rings is 2. The topological polar surface area (TPSA) is 55.4 Å². The number of unbranched alkanes of at least 4 members (excludes halogenated alkanes) is 1. The Labute approximate surface area is 149 Å². The molecular formula is C20H24NO3P. The molecule has 4 nitrogen and oxygen atoms in total. The SMILES string of the molecule is CCC/C=C(/NP(=O)(c1ccccc1)c1ccccc1)C(=O)OCC. The molecule has 0 saturated heterocycles. The maximum absolute atomic E-state index is 13.9. The summed E-state index contributed by atoms with van der Waals surface area (Å²) in [6.45, 7) is 4.04. The van der Waals surface area contributed by atoms with Crippen molar-refractivity contribution in [3.63, 3.8) is 0 Å². The van der Waals surface area contributed by atoms with Gasteiger partial charge in [-0.05, 0) is 37.6 Å². The van der Waals surface area contributed by atoms with Crippen LogP contribution in [0.4, 0.5) is 0 Å². The van der Waals surface area contributed by atoms with Crippen molar-refractivity contribution in [1.82, 2.24) is 5.09 Å². The van der Waals surface area contributed by atoms with Crippen molar-refractivity contribution in [3.05, 3.63) is 72.4 Å². The summed E-state index contributed by atoms with van der Waals surface area (Å²) in [7, 11) is -3.22. The summed E-state index contributed by atoms with van der Waals surface area (Å²) in [5.74, 6) is -0.483. The lowest BCUT2D eigenvalue weighted by Gasteiger charge is -2.22. The van der Waals surface area contributed by atoms with Gasteiger partial charge in [-0.2, -0.15) is 0 Å². The molecule has 25 heavy (non-hydrogen) atoms. The fraction of sp³-hybridized carbons (Fsp3) is 0.250. The number of allylic oxidation sites excluding steroid dienone is 1. The molecule has 132 valence electrons. The fourth-order valence-electron chi connectivity index (χ4n) is 2.40. The van der Waals surface area contributed by atoms with Crippen LogP contribution in [-0.4, -0.2) is 12.6 Å². The Morgan fingerprint density at radius 2 is 1.52 bits per heavy atom. The average molecular weight is 357 g/mol. The molecule has 1 N–H and O–H groups in total. The third-order valence-corrected chi connectivity index (χ3v) is 6.26. The van der Waals surface area contributed by atoms with E-state index in [0.29, 0.717) is 17.0 Å². The number of nitrogens with one attached hydrogen (secondary N) is 1. The monoisotopic (exact) mass is 357 g/mol. The molecule has 0 saturated carbocycles. The second-order valence-electron chi connectivity index (χ2n) is 5.52. The quantitative estimate of drug-likeness (QED) is 0.444. The van der Waals surface area contributed by atoms with Gasteiger partial charge in [-0.15, -0.1) is 0 Å². The fourth-order valence-corrected chi connectivity index (χ4v) is 4.66. The van der Waals surface area contributed by atoms with Crippen LogP contribution in [0.5, 0.6) is 0 Å². The van der Waals surface area contributed by atoms with E-state index in [0.717, 1.165) is 6.42 Å². The summed E-state index contributed by atoms with van der Waals surface area (Å²) in [5, 5.41) is 4.32. The molecule has 2 aromatic rings. The molecule has 0 heterocycles. The Morgan fingerprint density at radius 3 is 1.96 bits per heavy atom. The molecule has 0 fully saturated rings. The van der Waals surface area contributed by atoms with Gasteiger partial charge in [-0.25, -0.2) is 4.79 Å². The Balaban J connectivity index is 2.49. The van der Waals surface area contributed by atoms with Crippen LogP contribution in [0, 0.1) is 0 Å². The summed E-state index contributed by atoms with van der Waals surface area (Å²) in [6, 6.07) is 18.3. The lowest BCUT2D eigenvalue weighted by molar-refractivity contribution is -0.138. The molecule has 2 aromatic carbocycles.